The molecule has 0 aliphatic heterocycles. The summed E-state index contributed by atoms with van der Waals surface area (Å²) in [4.78, 5) is 10.6. The van der Waals surface area contributed by atoms with Gasteiger partial charge in [-0.2, -0.15) is 0 Å². The lowest BCUT2D eigenvalue weighted by molar-refractivity contribution is -0.117. The zero-order chi connectivity index (χ0) is 10.3. The Morgan fingerprint density at radius 3 is 2.23 bits per heavy atom. The van der Waals surface area contributed by atoms with Crippen LogP contribution in [0.3, 0.4) is 0 Å². The summed E-state index contributed by atoms with van der Waals surface area (Å²) < 4.78 is 5.55. The van der Waals surface area contributed by atoms with Crippen molar-refractivity contribution < 1.29 is 9.53 Å². The normalized spacial score (nSPS) is 11.7. The van der Waals surface area contributed by atoms with E-state index >= 15 is 0 Å². The van der Waals surface area contributed by atoms with Crippen LogP contribution in [0.5, 0.6) is 0 Å². The minimum absolute atomic E-state index is 0.0272. The van der Waals surface area contributed by atoms with Crippen LogP contribution in [0.25, 0.3) is 0 Å². The molecule has 78 valence electrons. The highest BCUT2D eigenvalue weighted by molar-refractivity contribution is 5.75. The maximum atomic E-state index is 10.6. The Kier molecular flexibility index (Phi) is 5.97. The fourth-order valence-electron chi connectivity index (χ4n) is 1.03. The Morgan fingerprint density at radius 1 is 1.15 bits per heavy atom. The molecule has 0 aromatic rings. The number of ether oxygens (including phenoxy) is 1. The molecule has 0 aromatic carbocycles. The average molecular weight is 186 g/mol. The van der Waals surface area contributed by atoms with E-state index in [9.17, 15) is 4.79 Å². The van der Waals surface area contributed by atoms with E-state index in [1.165, 1.54) is 0 Å². The van der Waals surface area contributed by atoms with Gasteiger partial charge in [0.05, 0.1) is 5.60 Å². The molecule has 0 heterocycles. The van der Waals surface area contributed by atoms with Crippen LogP contribution in [0.2, 0.25) is 0 Å². The van der Waals surface area contributed by atoms with Crippen LogP contribution in [0.4, 0.5) is 0 Å². The van der Waals surface area contributed by atoms with Crippen molar-refractivity contribution in [1.82, 2.24) is 0 Å². The Morgan fingerprint density at radius 2 is 1.77 bits per heavy atom. The highest BCUT2D eigenvalue weighted by atomic mass is 16.5. The second-order valence-electron chi connectivity index (χ2n) is 4.47. The first kappa shape index (κ1) is 12.6. The van der Waals surface area contributed by atoms with Crippen molar-refractivity contribution in [3.63, 3.8) is 0 Å². The SMILES string of the molecule is CC(=O)CCCCCOC(C)(C)C. The molecule has 0 aromatic heterocycles. The van der Waals surface area contributed by atoms with Gasteiger partial charge in [-0.3, -0.25) is 0 Å². The van der Waals surface area contributed by atoms with Gasteiger partial charge in [-0.25, -0.2) is 0 Å². The fraction of sp³-hybridized carbons (Fsp3) is 0.909. The van der Waals surface area contributed by atoms with Gasteiger partial charge < -0.3 is 9.53 Å². The van der Waals surface area contributed by atoms with Crippen molar-refractivity contribution in [2.24, 2.45) is 0 Å². The van der Waals surface area contributed by atoms with Gasteiger partial charge in [-0.05, 0) is 40.5 Å². The number of rotatable bonds is 6. The minimum atomic E-state index is -0.0272. The molecule has 2 heteroatoms. The van der Waals surface area contributed by atoms with E-state index in [2.05, 4.69) is 20.8 Å². The van der Waals surface area contributed by atoms with Gasteiger partial charge in [-0.15, -0.1) is 0 Å². The Bertz CT molecular complexity index is 145. The maximum Gasteiger partial charge on any atom is 0.129 e. The first-order chi connectivity index (χ1) is 5.92. The van der Waals surface area contributed by atoms with Crippen LogP contribution in [0.1, 0.15) is 53.4 Å². The third-order valence-corrected chi connectivity index (χ3v) is 1.71. The highest BCUT2D eigenvalue weighted by Crippen LogP contribution is 2.08. The molecule has 0 aliphatic rings. The van der Waals surface area contributed by atoms with E-state index < -0.39 is 0 Å². The summed E-state index contributed by atoms with van der Waals surface area (Å²) in [6.07, 6.45) is 3.87. The van der Waals surface area contributed by atoms with E-state index in [-0.39, 0.29) is 11.4 Å². The maximum absolute atomic E-state index is 10.6. The molecule has 0 unspecified atom stereocenters. The Balaban J connectivity index is 3.13. The molecule has 0 spiro atoms. The lowest BCUT2D eigenvalue weighted by Gasteiger charge is -2.19. The summed E-state index contributed by atoms with van der Waals surface area (Å²) in [6.45, 7) is 8.63. The lowest BCUT2D eigenvalue weighted by Crippen LogP contribution is -2.19. The Labute approximate surface area is 81.7 Å². The molecule has 13 heavy (non-hydrogen) atoms. The molecule has 0 saturated heterocycles. The third kappa shape index (κ3) is 11.6. The first-order valence-electron chi connectivity index (χ1n) is 5.05. The standard InChI is InChI=1S/C11H22O2/c1-10(12)8-6-5-7-9-13-11(2,3)4/h5-9H2,1-4H3. The predicted molar refractivity (Wildman–Crippen MR) is 54.9 cm³/mol. The molecule has 0 bridgehead atoms. The van der Waals surface area contributed by atoms with E-state index in [0.717, 1.165) is 32.3 Å². The lowest BCUT2D eigenvalue weighted by atomic mass is 10.1. The summed E-state index contributed by atoms with van der Waals surface area (Å²) >= 11 is 0. The largest absolute Gasteiger partial charge is 0.376 e. The number of carbonyl (C=O) groups excluding carboxylic acids is 1. The molecule has 0 N–H and O–H groups in total. The molecule has 0 radical (unpaired) electrons. The predicted octanol–water partition coefficient (Wildman–Crippen LogP) is 2.95. The van der Waals surface area contributed by atoms with E-state index in [0.29, 0.717) is 0 Å². The average Bonchev–Trinajstić information content (AvgIpc) is 1.93. The van der Waals surface area contributed by atoms with Crippen LogP contribution in [0.15, 0.2) is 0 Å². The van der Waals surface area contributed by atoms with Gasteiger partial charge in [-0.1, -0.05) is 6.42 Å². The molecular weight excluding hydrogens is 164 g/mol. The second-order valence-corrected chi connectivity index (χ2v) is 4.47. The van der Waals surface area contributed by atoms with Crippen LogP contribution in [0, 0.1) is 0 Å². The second kappa shape index (κ2) is 6.14. The molecule has 0 amide bonds. The van der Waals surface area contributed by atoms with E-state index in [4.69, 9.17) is 4.74 Å². The summed E-state index contributed by atoms with van der Waals surface area (Å²) in [5.74, 6) is 0.289. The summed E-state index contributed by atoms with van der Waals surface area (Å²) in [5.41, 5.74) is -0.0272. The quantitative estimate of drug-likeness (QED) is 0.596. The summed E-state index contributed by atoms with van der Waals surface area (Å²) in [6, 6.07) is 0. The van der Waals surface area contributed by atoms with Crippen molar-refractivity contribution >= 4 is 5.78 Å². The van der Waals surface area contributed by atoms with E-state index in [1.54, 1.807) is 6.92 Å². The van der Waals surface area contributed by atoms with Crippen LogP contribution < -0.4 is 0 Å². The number of carbonyl (C=O) groups is 1. The number of ketones is 1. The van der Waals surface area contributed by atoms with Gasteiger partial charge in [0.15, 0.2) is 0 Å². The topological polar surface area (TPSA) is 26.3 Å². The van der Waals surface area contributed by atoms with Gasteiger partial charge >= 0.3 is 0 Å². The van der Waals surface area contributed by atoms with Gasteiger partial charge in [0.1, 0.15) is 5.78 Å². The molecule has 0 rings (SSSR count). The van der Waals surface area contributed by atoms with Crippen LogP contribution in [-0.4, -0.2) is 18.0 Å². The van der Waals surface area contributed by atoms with Crippen molar-refractivity contribution in [2.45, 2.75) is 59.0 Å². The Hall–Kier alpha value is -0.370. The first-order valence-corrected chi connectivity index (χ1v) is 5.05. The smallest absolute Gasteiger partial charge is 0.129 e. The molecule has 0 fully saturated rings. The minimum Gasteiger partial charge on any atom is -0.376 e. The van der Waals surface area contributed by atoms with Gasteiger partial charge in [0.2, 0.25) is 0 Å². The fourth-order valence-corrected chi connectivity index (χ4v) is 1.03. The summed E-state index contributed by atoms with van der Waals surface area (Å²) in [5, 5.41) is 0. The van der Waals surface area contributed by atoms with Crippen LogP contribution in [-0.2, 0) is 9.53 Å². The van der Waals surface area contributed by atoms with Crippen molar-refractivity contribution in [1.29, 1.82) is 0 Å². The van der Waals surface area contributed by atoms with Gasteiger partial charge in [0.25, 0.3) is 0 Å². The number of hydrogen-bond acceptors (Lipinski definition) is 2. The molecule has 2 nitrogen and oxygen atoms in total. The zero-order valence-corrected chi connectivity index (χ0v) is 9.35. The monoisotopic (exact) mass is 186 g/mol. The van der Waals surface area contributed by atoms with Gasteiger partial charge in [0, 0.05) is 13.0 Å². The zero-order valence-electron chi connectivity index (χ0n) is 9.35. The summed E-state index contributed by atoms with van der Waals surface area (Å²) in [7, 11) is 0. The number of hydrogen-bond donors (Lipinski definition) is 0. The molecule has 0 atom stereocenters. The van der Waals surface area contributed by atoms with E-state index in [1.807, 2.05) is 0 Å². The van der Waals surface area contributed by atoms with Crippen molar-refractivity contribution in [3.05, 3.63) is 0 Å². The van der Waals surface area contributed by atoms with Crippen LogP contribution >= 0.6 is 0 Å². The van der Waals surface area contributed by atoms with Crippen molar-refractivity contribution in [2.75, 3.05) is 6.61 Å². The van der Waals surface area contributed by atoms with Crippen molar-refractivity contribution in [3.8, 4) is 0 Å². The molecule has 0 saturated carbocycles. The number of Topliss-reactive ketones (excluding diaryl/α,β-unsaturated/α-hetero) is 1. The third-order valence-electron chi connectivity index (χ3n) is 1.71. The molecular formula is C11H22O2. The molecule has 0 aliphatic carbocycles. The number of unbranched alkanes of at least 4 members (excludes halogenated alkanes) is 2. The highest BCUT2D eigenvalue weighted by Gasteiger charge is 2.08.